The number of benzene rings is 2. The number of ether oxygens (including phenoxy) is 3. The molecule has 0 saturated heterocycles. The summed E-state index contributed by atoms with van der Waals surface area (Å²) in [6, 6.07) is 10.5. The van der Waals surface area contributed by atoms with Crippen LogP contribution in [0.5, 0.6) is 17.2 Å². The first kappa shape index (κ1) is 22.4. The highest BCUT2D eigenvalue weighted by molar-refractivity contribution is 7.86. The molecule has 30 heavy (non-hydrogen) atoms. The van der Waals surface area contributed by atoms with Gasteiger partial charge in [-0.05, 0) is 38.0 Å². The third-order valence-electron chi connectivity index (χ3n) is 5.65. The van der Waals surface area contributed by atoms with Gasteiger partial charge in [-0.1, -0.05) is 43.0 Å². The number of hydrogen-bond acceptors (Lipinski definition) is 6. The zero-order valence-corrected chi connectivity index (χ0v) is 18.8. The molecule has 0 heterocycles. The molecule has 0 unspecified atom stereocenters. The van der Waals surface area contributed by atoms with Gasteiger partial charge in [0.2, 0.25) is 5.75 Å². The first-order valence-corrected chi connectivity index (χ1v) is 11.6. The van der Waals surface area contributed by atoms with Crippen molar-refractivity contribution in [2.24, 2.45) is 0 Å². The molecular formula is C23H30O6S. The SMILES string of the molecule is COc1ccc([C@@H]2CCCCC[C@H]2OS(=O)(=O)c2ccc(C)cc2)c(OC)c1OC. The molecule has 1 fully saturated rings. The highest BCUT2D eigenvalue weighted by Crippen LogP contribution is 2.46. The van der Waals surface area contributed by atoms with Gasteiger partial charge >= 0.3 is 0 Å². The third-order valence-corrected chi connectivity index (χ3v) is 7.00. The van der Waals surface area contributed by atoms with Crippen molar-refractivity contribution < 1.29 is 26.8 Å². The van der Waals surface area contributed by atoms with Crippen LogP contribution in [0.2, 0.25) is 0 Å². The molecule has 1 saturated carbocycles. The summed E-state index contributed by atoms with van der Waals surface area (Å²) in [5.74, 6) is 1.49. The average Bonchev–Trinajstić information content (AvgIpc) is 2.97. The third kappa shape index (κ3) is 4.73. The fourth-order valence-electron chi connectivity index (χ4n) is 4.08. The zero-order chi connectivity index (χ0) is 21.7. The minimum atomic E-state index is -3.88. The second kappa shape index (κ2) is 9.71. The highest BCUT2D eigenvalue weighted by atomic mass is 32.2. The second-order valence-corrected chi connectivity index (χ2v) is 9.14. The van der Waals surface area contributed by atoms with Crippen LogP contribution in [-0.4, -0.2) is 35.9 Å². The van der Waals surface area contributed by atoms with Gasteiger partial charge in [-0.15, -0.1) is 0 Å². The Balaban J connectivity index is 1.99. The summed E-state index contributed by atoms with van der Waals surface area (Å²) in [6.07, 6.45) is 3.93. The van der Waals surface area contributed by atoms with Crippen LogP contribution in [0.4, 0.5) is 0 Å². The Morgan fingerprint density at radius 2 is 1.47 bits per heavy atom. The maximum absolute atomic E-state index is 13.0. The van der Waals surface area contributed by atoms with E-state index >= 15 is 0 Å². The molecule has 0 spiro atoms. The lowest BCUT2D eigenvalue weighted by Crippen LogP contribution is -2.25. The Kier molecular flexibility index (Phi) is 7.26. The van der Waals surface area contributed by atoms with Crippen LogP contribution in [-0.2, 0) is 14.3 Å². The van der Waals surface area contributed by atoms with Crippen LogP contribution in [0.15, 0.2) is 41.3 Å². The van der Waals surface area contributed by atoms with Crippen molar-refractivity contribution in [1.82, 2.24) is 0 Å². The standard InChI is InChI=1S/C23H30O6S/c1-16-10-12-17(13-11-16)30(24,25)29-20-9-7-5-6-8-18(20)19-14-15-21(26-2)23(28-4)22(19)27-3/h10-15,18,20H,5-9H2,1-4H3/t18-,20+/m0/s1. The summed E-state index contributed by atoms with van der Waals surface area (Å²) < 4.78 is 48.4. The minimum absolute atomic E-state index is 0.137. The van der Waals surface area contributed by atoms with E-state index in [1.54, 1.807) is 45.6 Å². The fourth-order valence-corrected chi connectivity index (χ4v) is 5.22. The van der Waals surface area contributed by atoms with Crippen LogP contribution in [0.3, 0.4) is 0 Å². The lowest BCUT2D eigenvalue weighted by molar-refractivity contribution is 0.166. The van der Waals surface area contributed by atoms with E-state index in [2.05, 4.69) is 0 Å². The summed E-state index contributed by atoms with van der Waals surface area (Å²) in [5, 5.41) is 0. The quantitative estimate of drug-likeness (QED) is 0.459. The van der Waals surface area contributed by atoms with E-state index < -0.39 is 16.2 Å². The summed E-state index contributed by atoms with van der Waals surface area (Å²) in [4.78, 5) is 0.176. The minimum Gasteiger partial charge on any atom is -0.493 e. The molecule has 0 N–H and O–H groups in total. The summed E-state index contributed by atoms with van der Waals surface area (Å²) in [7, 11) is 0.836. The lowest BCUT2D eigenvalue weighted by Gasteiger charge is -2.27. The molecule has 164 valence electrons. The average molecular weight is 435 g/mol. The molecule has 0 aliphatic heterocycles. The van der Waals surface area contributed by atoms with Gasteiger partial charge in [-0.25, -0.2) is 0 Å². The lowest BCUT2D eigenvalue weighted by atomic mass is 9.88. The Bertz CT molecular complexity index is 952. The Hall–Kier alpha value is -2.25. The molecule has 0 amide bonds. The zero-order valence-electron chi connectivity index (χ0n) is 18.0. The van der Waals surface area contributed by atoms with E-state index in [9.17, 15) is 8.42 Å². The number of rotatable bonds is 7. The molecule has 2 aromatic rings. The van der Waals surface area contributed by atoms with Crippen molar-refractivity contribution in [2.45, 2.75) is 55.9 Å². The molecule has 1 aliphatic carbocycles. The van der Waals surface area contributed by atoms with Gasteiger partial charge in [-0.3, -0.25) is 4.18 Å². The normalized spacial score (nSPS) is 19.7. The molecule has 3 rings (SSSR count). The van der Waals surface area contributed by atoms with Crippen LogP contribution < -0.4 is 14.2 Å². The topological polar surface area (TPSA) is 71.1 Å². The van der Waals surface area contributed by atoms with Gasteiger partial charge in [0.05, 0.1) is 32.3 Å². The molecule has 0 radical (unpaired) electrons. The monoisotopic (exact) mass is 434 g/mol. The molecule has 1 aliphatic rings. The van der Waals surface area contributed by atoms with Crippen molar-refractivity contribution in [3.63, 3.8) is 0 Å². The largest absolute Gasteiger partial charge is 0.493 e. The van der Waals surface area contributed by atoms with E-state index in [0.717, 1.165) is 36.8 Å². The Morgan fingerprint density at radius 1 is 0.800 bits per heavy atom. The van der Waals surface area contributed by atoms with E-state index in [1.165, 1.54) is 0 Å². The Morgan fingerprint density at radius 3 is 2.10 bits per heavy atom. The highest BCUT2D eigenvalue weighted by Gasteiger charge is 2.34. The fraction of sp³-hybridized carbons (Fsp3) is 0.478. The predicted molar refractivity (Wildman–Crippen MR) is 115 cm³/mol. The van der Waals surface area contributed by atoms with Gasteiger partial charge in [0, 0.05) is 11.5 Å². The Labute approximate surface area is 179 Å². The van der Waals surface area contributed by atoms with Gasteiger partial charge < -0.3 is 14.2 Å². The summed E-state index contributed by atoms with van der Waals surface area (Å²) in [6.45, 7) is 1.92. The summed E-state index contributed by atoms with van der Waals surface area (Å²) in [5.41, 5.74) is 1.87. The molecule has 6 nitrogen and oxygen atoms in total. The number of hydrogen-bond donors (Lipinski definition) is 0. The maximum Gasteiger partial charge on any atom is 0.297 e. The van der Waals surface area contributed by atoms with Gasteiger partial charge in [0.15, 0.2) is 11.5 Å². The van der Waals surface area contributed by atoms with Crippen LogP contribution >= 0.6 is 0 Å². The number of methoxy groups -OCH3 is 3. The van der Waals surface area contributed by atoms with Crippen molar-refractivity contribution in [1.29, 1.82) is 0 Å². The number of aryl methyl sites for hydroxylation is 1. The smallest absolute Gasteiger partial charge is 0.297 e. The molecular weight excluding hydrogens is 404 g/mol. The van der Waals surface area contributed by atoms with Crippen molar-refractivity contribution in [2.75, 3.05) is 21.3 Å². The molecule has 2 aromatic carbocycles. The molecule has 2 atom stereocenters. The van der Waals surface area contributed by atoms with Crippen LogP contribution in [0.25, 0.3) is 0 Å². The molecule has 7 heteroatoms. The van der Waals surface area contributed by atoms with E-state index in [1.807, 2.05) is 19.1 Å². The molecule has 0 aromatic heterocycles. The van der Waals surface area contributed by atoms with E-state index in [4.69, 9.17) is 18.4 Å². The summed E-state index contributed by atoms with van der Waals surface area (Å²) >= 11 is 0. The van der Waals surface area contributed by atoms with Crippen LogP contribution in [0, 0.1) is 6.92 Å². The molecule has 0 bridgehead atoms. The van der Waals surface area contributed by atoms with Gasteiger partial charge in [-0.2, -0.15) is 8.42 Å². The maximum atomic E-state index is 13.0. The van der Waals surface area contributed by atoms with Crippen LogP contribution in [0.1, 0.15) is 49.1 Å². The van der Waals surface area contributed by atoms with Crippen molar-refractivity contribution >= 4 is 10.1 Å². The second-order valence-electron chi connectivity index (χ2n) is 7.57. The van der Waals surface area contributed by atoms with Gasteiger partial charge in [0.25, 0.3) is 10.1 Å². The van der Waals surface area contributed by atoms with E-state index in [-0.39, 0.29) is 10.8 Å². The first-order chi connectivity index (χ1) is 14.4. The predicted octanol–water partition coefficient (Wildman–Crippen LogP) is 4.84. The first-order valence-electron chi connectivity index (χ1n) is 10.2. The van der Waals surface area contributed by atoms with Crippen molar-refractivity contribution in [3.05, 3.63) is 47.5 Å². The van der Waals surface area contributed by atoms with E-state index in [0.29, 0.717) is 23.7 Å². The van der Waals surface area contributed by atoms with Gasteiger partial charge in [0.1, 0.15) is 0 Å². The van der Waals surface area contributed by atoms with Crippen molar-refractivity contribution in [3.8, 4) is 17.2 Å².